The summed E-state index contributed by atoms with van der Waals surface area (Å²) in [5, 5.41) is 4.85. The molecule has 2 N–H and O–H groups in total. The monoisotopic (exact) mass is 292 g/mol. The van der Waals surface area contributed by atoms with Crippen molar-refractivity contribution in [2.45, 2.75) is 32.7 Å². The number of fused-ring (bicyclic) bond motifs is 1. The summed E-state index contributed by atoms with van der Waals surface area (Å²) in [6, 6.07) is 4.88. The smallest absolute Gasteiger partial charge is 0.0500 e. The second-order valence-corrected chi connectivity index (χ2v) is 5.72. The van der Waals surface area contributed by atoms with E-state index in [1.54, 1.807) is 0 Å². The third kappa shape index (κ3) is 1.72. The Balaban J connectivity index is 2.20. The lowest BCUT2D eigenvalue weighted by molar-refractivity contribution is 0.630. The van der Waals surface area contributed by atoms with Gasteiger partial charge in [-0.1, -0.05) is 12.1 Å². The van der Waals surface area contributed by atoms with E-state index in [1.165, 1.54) is 45.0 Å². The molecule has 1 aliphatic rings. The first-order chi connectivity index (χ1) is 8.18. The second kappa shape index (κ2) is 4.14. The van der Waals surface area contributed by atoms with Crippen LogP contribution in [0.15, 0.2) is 16.6 Å². The van der Waals surface area contributed by atoms with Crippen LogP contribution in [0, 0.1) is 13.8 Å². The van der Waals surface area contributed by atoms with Crippen molar-refractivity contribution in [2.24, 2.45) is 0 Å². The summed E-state index contributed by atoms with van der Waals surface area (Å²) in [5.41, 5.74) is 5.29. The van der Waals surface area contributed by atoms with E-state index in [2.05, 4.69) is 52.2 Å². The van der Waals surface area contributed by atoms with Crippen molar-refractivity contribution >= 4 is 26.8 Å². The van der Waals surface area contributed by atoms with Gasteiger partial charge in [0.05, 0.1) is 5.52 Å². The van der Waals surface area contributed by atoms with Crippen LogP contribution in [-0.4, -0.2) is 11.5 Å². The Bertz CT molecular complexity index is 565. The molecule has 2 nitrogen and oxygen atoms in total. The highest BCUT2D eigenvalue weighted by Crippen LogP contribution is 2.36. The van der Waals surface area contributed by atoms with Gasteiger partial charge in [-0.3, -0.25) is 0 Å². The summed E-state index contributed by atoms with van der Waals surface area (Å²) in [4.78, 5) is 3.61. The van der Waals surface area contributed by atoms with Crippen molar-refractivity contribution < 1.29 is 0 Å². The fourth-order valence-corrected chi connectivity index (χ4v) is 3.37. The van der Waals surface area contributed by atoms with E-state index in [9.17, 15) is 0 Å². The van der Waals surface area contributed by atoms with E-state index in [4.69, 9.17) is 0 Å². The maximum atomic E-state index is 3.75. The van der Waals surface area contributed by atoms with E-state index in [0.717, 1.165) is 6.54 Å². The first-order valence-electron chi connectivity index (χ1n) is 6.19. The van der Waals surface area contributed by atoms with Gasteiger partial charge in [0.2, 0.25) is 0 Å². The minimum Gasteiger partial charge on any atom is -0.356 e. The summed E-state index contributed by atoms with van der Waals surface area (Å²) in [6.45, 7) is 5.48. The van der Waals surface area contributed by atoms with Crippen LogP contribution in [0.2, 0.25) is 0 Å². The zero-order valence-corrected chi connectivity index (χ0v) is 11.8. The number of rotatable bonds is 1. The average molecular weight is 293 g/mol. The molecule has 90 valence electrons. The highest BCUT2D eigenvalue weighted by Gasteiger charge is 2.22. The Morgan fingerprint density at radius 3 is 2.82 bits per heavy atom. The Morgan fingerprint density at radius 2 is 2.12 bits per heavy atom. The fraction of sp³-hybridized carbons (Fsp3) is 0.429. The quantitative estimate of drug-likeness (QED) is 0.818. The van der Waals surface area contributed by atoms with Crippen LogP contribution >= 0.6 is 15.9 Å². The minimum absolute atomic E-state index is 0.483. The number of hydrogen-bond acceptors (Lipinski definition) is 1. The topological polar surface area (TPSA) is 27.8 Å². The predicted molar refractivity (Wildman–Crippen MR) is 75.5 cm³/mol. The number of aromatic amines is 1. The van der Waals surface area contributed by atoms with Gasteiger partial charge in [-0.25, -0.2) is 0 Å². The maximum absolute atomic E-state index is 3.75. The summed E-state index contributed by atoms with van der Waals surface area (Å²) < 4.78 is 1.23. The summed E-state index contributed by atoms with van der Waals surface area (Å²) in [5.74, 6) is 0. The molecule has 0 bridgehead atoms. The molecule has 0 saturated carbocycles. The molecule has 0 amide bonds. The third-order valence-corrected chi connectivity index (χ3v) is 4.73. The summed E-state index contributed by atoms with van der Waals surface area (Å²) in [7, 11) is 0. The van der Waals surface area contributed by atoms with Crippen LogP contribution < -0.4 is 5.32 Å². The highest BCUT2D eigenvalue weighted by molar-refractivity contribution is 9.10. The van der Waals surface area contributed by atoms with Crippen molar-refractivity contribution in [3.8, 4) is 0 Å². The van der Waals surface area contributed by atoms with Crippen molar-refractivity contribution in [1.82, 2.24) is 10.3 Å². The molecule has 3 heteroatoms. The maximum Gasteiger partial charge on any atom is 0.0500 e. The number of aryl methyl sites for hydroxylation is 2. The molecule has 1 unspecified atom stereocenters. The van der Waals surface area contributed by atoms with E-state index in [1.807, 2.05) is 0 Å². The lowest BCUT2D eigenvalue weighted by Gasteiger charge is -2.08. The largest absolute Gasteiger partial charge is 0.356 e. The van der Waals surface area contributed by atoms with Gasteiger partial charge in [-0.15, -0.1) is 0 Å². The first kappa shape index (κ1) is 11.3. The van der Waals surface area contributed by atoms with Crippen molar-refractivity contribution in [2.75, 3.05) is 6.54 Å². The molecule has 0 aliphatic carbocycles. The molecule has 1 aromatic heterocycles. The number of halogens is 1. The molecule has 0 radical (unpaired) electrons. The molecule has 1 fully saturated rings. The van der Waals surface area contributed by atoms with Crippen LogP contribution in [0.1, 0.15) is 35.7 Å². The molecule has 3 rings (SSSR count). The van der Waals surface area contributed by atoms with Gasteiger partial charge < -0.3 is 10.3 Å². The molecule has 1 aromatic carbocycles. The molecular formula is C14H17BrN2. The Hall–Kier alpha value is -0.800. The van der Waals surface area contributed by atoms with Crippen molar-refractivity contribution in [3.05, 3.63) is 33.4 Å². The van der Waals surface area contributed by atoms with E-state index >= 15 is 0 Å². The lowest BCUT2D eigenvalue weighted by atomic mass is 10.1. The predicted octanol–water partition coefficient (Wildman–Crippen LogP) is 3.97. The van der Waals surface area contributed by atoms with Gasteiger partial charge in [0.25, 0.3) is 0 Å². The van der Waals surface area contributed by atoms with Crippen LogP contribution in [0.4, 0.5) is 0 Å². The lowest BCUT2D eigenvalue weighted by Crippen LogP contribution is -2.13. The van der Waals surface area contributed by atoms with Crippen molar-refractivity contribution in [1.29, 1.82) is 0 Å². The standard InChI is InChI=1S/C14H17BrN2/c1-8-5-6-10-12(15)14(11-4-3-7-16-11)17-13(10)9(8)2/h5-6,11,16-17H,3-4,7H2,1-2H3. The number of H-pyrrole nitrogens is 1. The molecular weight excluding hydrogens is 276 g/mol. The normalized spacial score (nSPS) is 20.3. The van der Waals surface area contributed by atoms with Gasteiger partial charge >= 0.3 is 0 Å². The zero-order valence-electron chi connectivity index (χ0n) is 10.2. The molecule has 17 heavy (non-hydrogen) atoms. The number of hydrogen-bond donors (Lipinski definition) is 2. The fourth-order valence-electron chi connectivity index (χ4n) is 2.67. The average Bonchev–Trinajstić information content (AvgIpc) is 2.92. The number of nitrogens with one attached hydrogen (secondary N) is 2. The zero-order chi connectivity index (χ0) is 12.0. The van der Waals surface area contributed by atoms with Crippen LogP contribution in [-0.2, 0) is 0 Å². The molecule has 2 aromatic rings. The second-order valence-electron chi connectivity index (χ2n) is 4.93. The highest BCUT2D eigenvalue weighted by atomic mass is 79.9. The Morgan fingerprint density at radius 1 is 1.29 bits per heavy atom. The van der Waals surface area contributed by atoms with Gasteiger partial charge in [0.15, 0.2) is 0 Å². The number of aromatic nitrogens is 1. The SMILES string of the molecule is Cc1ccc2c(Br)c(C3CCCN3)[nH]c2c1C. The summed E-state index contributed by atoms with van der Waals surface area (Å²) >= 11 is 3.75. The van der Waals surface area contributed by atoms with Gasteiger partial charge in [-0.05, 0) is 60.3 Å². The van der Waals surface area contributed by atoms with Gasteiger partial charge in [-0.2, -0.15) is 0 Å². The molecule has 2 heterocycles. The molecule has 1 aliphatic heterocycles. The first-order valence-corrected chi connectivity index (χ1v) is 6.98. The molecule has 1 atom stereocenters. The van der Waals surface area contributed by atoms with E-state index in [0.29, 0.717) is 6.04 Å². The van der Waals surface area contributed by atoms with E-state index in [-0.39, 0.29) is 0 Å². The molecule has 1 saturated heterocycles. The Kier molecular flexibility index (Phi) is 2.75. The minimum atomic E-state index is 0.483. The third-order valence-electron chi connectivity index (χ3n) is 3.88. The van der Waals surface area contributed by atoms with Crippen molar-refractivity contribution in [3.63, 3.8) is 0 Å². The Labute approximate surface area is 110 Å². The van der Waals surface area contributed by atoms with Crippen LogP contribution in [0.25, 0.3) is 10.9 Å². The number of benzene rings is 1. The van der Waals surface area contributed by atoms with E-state index < -0.39 is 0 Å². The summed E-state index contributed by atoms with van der Waals surface area (Å²) in [6.07, 6.45) is 2.49. The van der Waals surface area contributed by atoms with Crippen LogP contribution in [0.3, 0.4) is 0 Å². The van der Waals surface area contributed by atoms with Gasteiger partial charge in [0.1, 0.15) is 0 Å². The van der Waals surface area contributed by atoms with Gasteiger partial charge in [0, 0.05) is 21.6 Å². The molecule has 0 spiro atoms. The van der Waals surface area contributed by atoms with Crippen LogP contribution in [0.5, 0.6) is 0 Å².